The van der Waals surface area contributed by atoms with Gasteiger partial charge in [-0.1, -0.05) is 6.92 Å². The molecule has 0 amide bonds. The van der Waals surface area contributed by atoms with Gasteiger partial charge in [-0.25, -0.2) is 9.97 Å². The van der Waals surface area contributed by atoms with Crippen molar-refractivity contribution in [3.8, 4) is 0 Å². The van der Waals surface area contributed by atoms with E-state index in [0.717, 1.165) is 6.54 Å². The molecule has 7 heteroatoms. The number of nitrogens with zero attached hydrogens (tertiary/aromatic N) is 2. The highest BCUT2D eigenvalue weighted by atomic mass is 16.5. The van der Waals surface area contributed by atoms with Crippen molar-refractivity contribution >= 4 is 11.6 Å². The molecule has 0 bridgehead atoms. The first kappa shape index (κ1) is 16.6. The van der Waals surface area contributed by atoms with Crippen molar-refractivity contribution in [2.24, 2.45) is 0 Å². The number of ether oxygens (including phenoxy) is 1. The lowest BCUT2D eigenvalue weighted by Crippen LogP contribution is -2.45. The predicted octanol–water partition coefficient (Wildman–Crippen LogP) is 0.600. The van der Waals surface area contributed by atoms with Crippen LogP contribution >= 0.6 is 0 Å². The molecule has 0 aliphatic heterocycles. The van der Waals surface area contributed by atoms with E-state index in [1.54, 1.807) is 13.2 Å². The zero-order chi connectivity index (χ0) is 15.0. The Hall–Kier alpha value is -1.44. The van der Waals surface area contributed by atoms with Crippen LogP contribution in [0.1, 0.15) is 26.1 Å². The summed E-state index contributed by atoms with van der Waals surface area (Å²) in [5, 5.41) is 25.2. The van der Waals surface area contributed by atoms with Gasteiger partial charge in [0.05, 0.1) is 18.8 Å². The standard InChI is InChI=1S/C13H24N4O3/c1-4-13(8-18,9-19)17-11-6-10(14-5-2)15-12(16-11)7-20-3/h6,18-19H,4-5,7-9H2,1-3H3,(H2,14,15,16,17). The lowest BCUT2D eigenvalue weighted by atomic mass is 9.98. The van der Waals surface area contributed by atoms with Gasteiger partial charge in [-0.05, 0) is 13.3 Å². The predicted molar refractivity (Wildman–Crippen MR) is 77.7 cm³/mol. The fraction of sp³-hybridized carbons (Fsp3) is 0.692. The molecular weight excluding hydrogens is 260 g/mol. The fourth-order valence-electron chi connectivity index (χ4n) is 1.74. The Kier molecular flexibility index (Phi) is 6.63. The molecule has 1 aromatic heterocycles. The van der Waals surface area contributed by atoms with Gasteiger partial charge >= 0.3 is 0 Å². The number of hydrogen-bond donors (Lipinski definition) is 4. The largest absolute Gasteiger partial charge is 0.394 e. The molecule has 0 unspecified atom stereocenters. The van der Waals surface area contributed by atoms with Crippen LogP contribution in [0.4, 0.5) is 11.6 Å². The summed E-state index contributed by atoms with van der Waals surface area (Å²) >= 11 is 0. The zero-order valence-electron chi connectivity index (χ0n) is 12.3. The van der Waals surface area contributed by atoms with Gasteiger partial charge in [0.25, 0.3) is 0 Å². The van der Waals surface area contributed by atoms with E-state index in [4.69, 9.17) is 4.74 Å². The molecule has 1 heterocycles. The van der Waals surface area contributed by atoms with E-state index in [1.807, 2.05) is 13.8 Å². The lowest BCUT2D eigenvalue weighted by Gasteiger charge is -2.30. The molecule has 114 valence electrons. The summed E-state index contributed by atoms with van der Waals surface area (Å²) in [6, 6.07) is 1.75. The van der Waals surface area contributed by atoms with Crippen molar-refractivity contribution in [2.75, 3.05) is 37.5 Å². The van der Waals surface area contributed by atoms with Gasteiger partial charge in [-0.3, -0.25) is 0 Å². The molecule has 7 nitrogen and oxygen atoms in total. The molecular formula is C13H24N4O3. The van der Waals surface area contributed by atoms with Gasteiger partial charge in [-0.2, -0.15) is 0 Å². The highest BCUT2D eigenvalue weighted by Gasteiger charge is 2.27. The second-order valence-electron chi connectivity index (χ2n) is 4.59. The first-order valence-corrected chi connectivity index (χ1v) is 6.73. The Morgan fingerprint density at radius 2 is 1.85 bits per heavy atom. The van der Waals surface area contributed by atoms with Gasteiger partial charge in [0.1, 0.15) is 18.2 Å². The Morgan fingerprint density at radius 1 is 1.20 bits per heavy atom. The summed E-state index contributed by atoms with van der Waals surface area (Å²) in [4.78, 5) is 8.63. The maximum Gasteiger partial charge on any atom is 0.158 e. The molecule has 0 fully saturated rings. The van der Waals surface area contributed by atoms with Crippen LogP contribution in [0.3, 0.4) is 0 Å². The number of aliphatic hydroxyl groups is 2. The van der Waals surface area contributed by atoms with E-state index in [1.165, 1.54) is 0 Å². The van der Waals surface area contributed by atoms with Crippen LogP contribution in [0, 0.1) is 0 Å². The highest BCUT2D eigenvalue weighted by molar-refractivity contribution is 5.49. The minimum atomic E-state index is -0.790. The van der Waals surface area contributed by atoms with Gasteiger partial charge in [0.2, 0.25) is 0 Å². The number of rotatable bonds is 9. The molecule has 0 saturated carbocycles. The van der Waals surface area contributed by atoms with E-state index in [0.29, 0.717) is 30.5 Å². The maximum atomic E-state index is 9.48. The normalized spacial score (nSPS) is 11.4. The van der Waals surface area contributed by atoms with Gasteiger partial charge < -0.3 is 25.6 Å². The second kappa shape index (κ2) is 7.98. The number of nitrogens with one attached hydrogen (secondary N) is 2. The van der Waals surface area contributed by atoms with Gasteiger partial charge in [0.15, 0.2) is 5.82 Å². The second-order valence-corrected chi connectivity index (χ2v) is 4.59. The molecule has 1 aromatic rings. The van der Waals surface area contributed by atoms with Crippen LogP contribution in [-0.2, 0) is 11.3 Å². The smallest absolute Gasteiger partial charge is 0.158 e. The fourth-order valence-corrected chi connectivity index (χ4v) is 1.74. The van der Waals surface area contributed by atoms with E-state index < -0.39 is 5.54 Å². The third-order valence-electron chi connectivity index (χ3n) is 3.08. The Morgan fingerprint density at radius 3 is 2.35 bits per heavy atom. The molecule has 0 spiro atoms. The van der Waals surface area contributed by atoms with Crippen molar-refractivity contribution in [2.45, 2.75) is 32.4 Å². The zero-order valence-corrected chi connectivity index (χ0v) is 12.3. The van der Waals surface area contributed by atoms with Crippen molar-refractivity contribution in [1.29, 1.82) is 0 Å². The number of methoxy groups -OCH3 is 1. The van der Waals surface area contributed by atoms with Crippen LogP contribution in [0.2, 0.25) is 0 Å². The summed E-state index contributed by atoms with van der Waals surface area (Å²) in [6.07, 6.45) is 0.570. The van der Waals surface area contributed by atoms with E-state index >= 15 is 0 Å². The third kappa shape index (κ3) is 4.29. The van der Waals surface area contributed by atoms with E-state index in [-0.39, 0.29) is 13.2 Å². The van der Waals surface area contributed by atoms with Crippen LogP contribution < -0.4 is 10.6 Å². The number of anilines is 2. The average Bonchev–Trinajstić information content (AvgIpc) is 2.45. The topological polar surface area (TPSA) is 99.5 Å². The Balaban J connectivity index is 3.02. The summed E-state index contributed by atoms with van der Waals surface area (Å²) in [5.74, 6) is 1.76. The Bertz CT molecular complexity index is 378. The first-order chi connectivity index (χ1) is 9.62. The monoisotopic (exact) mass is 284 g/mol. The Labute approximate surface area is 119 Å². The molecule has 0 aliphatic rings. The molecule has 0 saturated heterocycles. The molecule has 0 atom stereocenters. The molecule has 20 heavy (non-hydrogen) atoms. The van der Waals surface area contributed by atoms with Crippen LogP contribution in [0.5, 0.6) is 0 Å². The van der Waals surface area contributed by atoms with Crippen molar-refractivity contribution in [1.82, 2.24) is 9.97 Å². The maximum absolute atomic E-state index is 9.48. The van der Waals surface area contributed by atoms with Crippen LogP contribution in [0.25, 0.3) is 0 Å². The summed E-state index contributed by atoms with van der Waals surface area (Å²) in [5.41, 5.74) is -0.790. The van der Waals surface area contributed by atoms with Crippen molar-refractivity contribution in [3.05, 3.63) is 11.9 Å². The summed E-state index contributed by atoms with van der Waals surface area (Å²) in [6.45, 7) is 4.54. The molecule has 0 aromatic carbocycles. The number of hydrogen-bond acceptors (Lipinski definition) is 7. The molecule has 0 radical (unpaired) electrons. The number of aliphatic hydroxyl groups excluding tert-OH is 2. The summed E-state index contributed by atoms with van der Waals surface area (Å²) in [7, 11) is 1.58. The van der Waals surface area contributed by atoms with Gasteiger partial charge in [0, 0.05) is 19.7 Å². The molecule has 4 N–H and O–H groups in total. The van der Waals surface area contributed by atoms with Crippen molar-refractivity contribution in [3.63, 3.8) is 0 Å². The lowest BCUT2D eigenvalue weighted by molar-refractivity contribution is 0.132. The van der Waals surface area contributed by atoms with E-state index in [2.05, 4.69) is 20.6 Å². The van der Waals surface area contributed by atoms with Crippen molar-refractivity contribution < 1.29 is 14.9 Å². The van der Waals surface area contributed by atoms with Crippen LogP contribution in [0.15, 0.2) is 6.07 Å². The molecule has 0 aliphatic carbocycles. The average molecular weight is 284 g/mol. The first-order valence-electron chi connectivity index (χ1n) is 6.73. The highest BCUT2D eigenvalue weighted by Crippen LogP contribution is 2.19. The SMILES string of the molecule is CCNc1cc(NC(CC)(CO)CO)nc(COC)n1. The summed E-state index contributed by atoms with van der Waals surface area (Å²) < 4.78 is 5.05. The quantitative estimate of drug-likeness (QED) is 0.527. The van der Waals surface area contributed by atoms with Gasteiger partial charge in [-0.15, -0.1) is 0 Å². The third-order valence-corrected chi connectivity index (χ3v) is 3.08. The van der Waals surface area contributed by atoms with E-state index in [9.17, 15) is 10.2 Å². The molecule has 1 rings (SSSR count). The van der Waals surface area contributed by atoms with Crippen LogP contribution in [-0.4, -0.2) is 52.6 Å². The minimum Gasteiger partial charge on any atom is -0.394 e. The number of aromatic nitrogens is 2. The minimum absolute atomic E-state index is 0.180.